The van der Waals surface area contributed by atoms with Crippen molar-refractivity contribution in [2.75, 3.05) is 5.32 Å². The van der Waals surface area contributed by atoms with Crippen LogP contribution in [-0.2, 0) is 0 Å². The number of carbonyl (C=O) groups is 1. The summed E-state index contributed by atoms with van der Waals surface area (Å²) in [6.45, 7) is 4.37. The fourth-order valence-electron chi connectivity index (χ4n) is 3.31. The summed E-state index contributed by atoms with van der Waals surface area (Å²) in [6, 6.07) is 18.7. The Morgan fingerprint density at radius 1 is 1.15 bits per heavy atom. The number of oxazole rings is 1. The SMILES string of the molecule is CC[C@@H](C)c1ccc2oc(-c3ccc(NC(=S)NC(=O)c4cc(Br)ccc4Cl)cc3)nc2c1. The molecule has 0 fully saturated rings. The molecule has 33 heavy (non-hydrogen) atoms. The van der Waals surface area contributed by atoms with Crippen LogP contribution in [0.15, 0.2) is 69.6 Å². The maximum Gasteiger partial charge on any atom is 0.258 e. The number of carbonyl (C=O) groups excluding carboxylic acids is 1. The van der Waals surface area contributed by atoms with E-state index in [0.717, 1.165) is 33.2 Å². The van der Waals surface area contributed by atoms with E-state index in [4.69, 9.17) is 28.2 Å². The zero-order chi connectivity index (χ0) is 23.5. The number of benzene rings is 3. The highest BCUT2D eigenvalue weighted by atomic mass is 79.9. The van der Waals surface area contributed by atoms with Crippen LogP contribution in [0.1, 0.15) is 42.1 Å². The molecule has 0 saturated heterocycles. The van der Waals surface area contributed by atoms with Gasteiger partial charge in [-0.05, 0) is 84.7 Å². The van der Waals surface area contributed by atoms with E-state index >= 15 is 0 Å². The topological polar surface area (TPSA) is 67.2 Å². The first-order valence-corrected chi connectivity index (χ1v) is 12.0. The van der Waals surface area contributed by atoms with E-state index in [0.29, 0.717) is 22.4 Å². The Hall–Kier alpha value is -2.74. The monoisotopic (exact) mass is 541 g/mol. The van der Waals surface area contributed by atoms with Crippen LogP contribution in [0.5, 0.6) is 0 Å². The summed E-state index contributed by atoms with van der Waals surface area (Å²) in [5.41, 5.74) is 4.76. The normalized spacial score (nSPS) is 11.9. The lowest BCUT2D eigenvalue weighted by molar-refractivity contribution is 0.0978. The zero-order valence-electron chi connectivity index (χ0n) is 18.0. The Kier molecular flexibility index (Phi) is 7.12. The Bertz CT molecular complexity index is 1340. The predicted octanol–water partition coefficient (Wildman–Crippen LogP) is 7.55. The highest BCUT2D eigenvalue weighted by molar-refractivity contribution is 9.10. The van der Waals surface area contributed by atoms with Crippen molar-refractivity contribution < 1.29 is 9.21 Å². The average Bonchev–Trinajstić information content (AvgIpc) is 3.23. The lowest BCUT2D eigenvalue weighted by Crippen LogP contribution is -2.34. The summed E-state index contributed by atoms with van der Waals surface area (Å²) in [4.78, 5) is 17.1. The summed E-state index contributed by atoms with van der Waals surface area (Å²) in [5.74, 6) is 0.639. The van der Waals surface area contributed by atoms with Crippen LogP contribution in [0.4, 0.5) is 5.69 Å². The largest absolute Gasteiger partial charge is 0.436 e. The standard InChI is InChI=1S/C25H21BrClN3O2S/c1-3-14(2)16-6-11-22-21(12-16)29-24(32-22)15-4-8-18(9-5-15)28-25(33)30-23(31)19-13-17(26)7-10-20(19)27/h4-14H,3H2,1-2H3,(H2,28,30,31,33)/t14-/m1/s1. The molecule has 168 valence electrons. The molecule has 4 rings (SSSR count). The van der Waals surface area contributed by atoms with Gasteiger partial charge in [0.25, 0.3) is 5.91 Å². The molecule has 1 aromatic heterocycles. The molecule has 0 spiro atoms. The van der Waals surface area contributed by atoms with E-state index < -0.39 is 5.91 Å². The second kappa shape index (κ2) is 10.0. The number of halogens is 2. The van der Waals surface area contributed by atoms with E-state index in [9.17, 15) is 4.79 Å². The molecule has 0 unspecified atom stereocenters. The molecule has 2 N–H and O–H groups in total. The van der Waals surface area contributed by atoms with Gasteiger partial charge in [-0.2, -0.15) is 0 Å². The molecule has 5 nitrogen and oxygen atoms in total. The molecular weight excluding hydrogens is 522 g/mol. The molecule has 1 atom stereocenters. The van der Waals surface area contributed by atoms with Crippen molar-refractivity contribution >= 4 is 67.6 Å². The first-order chi connectivity index (χ1) is 15.8. The molecule has 3 aromatic carbocycles. The van der Waals surface area contributed by atoms with Gasteiger partial charge in [-0.15, -0.1) is 0 Å². The highest BCUT2D eigenvalue weighted by Gasteiger charge is 2.14. The molecule has 0 aliphatic heterocycles. The van der Waals surface area contributed by atoms with Gasteiger partial charge in [-0.25, -0.2) is 4.98 Å². The van der Waals surface area contributed by atoms with Crippen molar-refractivity contribution in [1.82, 2.24) is 10.3 Å². The summed E-state index contributed by atoms with van der Waals surface area (Å²) in [6.07, 6.45) is 1.07. The van der Waals surface area contributed by atoms with E-state index in [1.807, 2.05) is 30.3 Å². The van der Waals surface area contributed by atoms with Gasteiger partial charge in [0, 0.05) is 15.7 Å². The molecular formula is C25H21BrClN3O2S. The number of fused-ring (bicyclic) bond motifs is 1. The van der Waals surface area contributed by atoms with Crippen molar-refractivity contribution in [3.63, 3.8) is 0 Å². The first-order valence-electron chi connectivity index (χ1n) is 10.4. The van der Waals surface area contributed by atoms with Gasteiger partial charge < -0.3 is 9.73 Å². The van der Waals surface area contributed by atoms with Gasteiger partial charge >= 0.3 is 0 Å². The molecule has 8 heteroatoms. The molecule has 4 aromatic rings. The Balaban J connectivity index is 1.44. The fourth-order valence-corrected chi connectivity index (χ4v) is 4.09. The summed E-state index contributed by atoms with van der Waals surface area (Å²) >= 11 is 14.7. The van der Waals surface area contributed by atoms with Crippen molar-refractivity contribution in [2.45, 2.75) is 26.2 Å². The molecule has 0 radical (unpaired) electrons. The number of nitrogens with one attached hydrogen (secondary N) is 2. The third-order valence-corrected chi connectivity index (χ3v) is 6.41. The van der Waals surface area contributed by atoms with Crippen LogP contribution in [0.2, 0.25) is 5.02 Å². The van der Waals surface area contributed by atoms with Crippen molar-refractivity contribution in [3.8, 4) is 11.5 Å². The quantitative estimate of drug-likeness (QED) is 0.255. The maximum atomic E-state index is 12.5. The maximum absolute atomic E-state index is 12.5. The van der Waals surface area contributed by atoms with Gasteiger partial charge in [0.15, 0.2) is 10.7 Å². The molecule has 1 heterocycles. The van der Waals surface area contributed by atoms with Gasteiger partial charge in [-0.3, -0.25) is 10.1 Å². The lowest BCUT2D eigenvalue weighted by atomic mass is 9.98. The van der Waals surface area contributed by atoms with Crippen molar-refractivity contribution in [3.05, 3.63) is 81.3 Å². The Morgan fingerprint density at radius 2 is 1.91 bits per heavy atom. The van der Waals surface area contributed by atoms with E-state index in [-0.39, 0.29) is 5.11 Å². The van der Waals surface area contributed by atoms with Gasteiger partial charge in [-0.1, -0.05) is 47.4 Å². The second-order valence-corrected chi connectivity index (χ2v) is 9.40. The summed E-state index contributed by atoms with van der Waals surface area (Å²) in [5, 5.41) is 6.16. The Labute approximate surface area is 210 Å². The fraction of sp³-hybridized carbons (Fsp3) is 0.160. The van der Waals surface area contributed by atoms with Crippen LogP contribution in [0.3, 0.4) is 0 Å². The lowest BCUT2D eigenvalue weighted by Gasteiger charge is -2.11. The minimum atomic E-state index is -0.390. The number of thiocarbonyl (C=S) groups is 1. The third kappa shape index (κ3) is 5.43. The minimum Gasteiger partial charge on any atom is -0.436 e. The molecule has 0 bridgehead atoms. The van der Waals surface area contributed by atoms with E-state index in [1.165, 1.54) is 5.56 Å². The minimum absolute atomic E-state index is 0.170. The zero-order valence-corrected chi connectivity index (χ0v) is 21.1. The van der Waals surface area contributed by atoms with Crippen LogP contribution in [0, 0.1) is 0 Å². The van der Waals surface area contributed by atoms with Crippen molar-refractivity contribution in [1.29, 1.82) is 0 Å². The van der Waals surface area contributed by atoms with Crippen LogP contribution in [-0.4, -0.2) is 16.0 Å². The van der Waals surface area contributed by atoms with Crippen LogP contribution >= 0.6 is 39.7 Å². The smallest absolute Gasteiger partial charge is 0.258 e. The molecule has 1 amide bonds. The van der Waals surface area contributed by atoms with Gasteiger partial charge in [0.2, 0.25) is 5.89 Å². The molecule has 0 aliphatic rings. The number of nitrogens with zero attached hydrogens (tertiary/aromatic N) is 1. The average molecular weight is 543 g/mol. The summed E-state index contributed by atoms with van der Waals surface area (Å²) < 4.78 is 6.69. The predicted molar refractivity (Wildman–Crippen MR) is 141 cm³/mol. The van der Waals surface area contributed by atoms with E-state index in [2.05, 4.69) is 57.5 Å². The van der Waals surface area contributed by atoms with Crippen molar-refractivity contribution in [2.24, 2.45) is 0 Å². The van der Waals surface area contributed by atoms with Crippen LogP contribution < -0.4 is 10.6 Å². The number of rotatable bonds is 5. The number of amides is 1. The second-order valence-electron chi connectivity index (χ2n) is 7.67. The van der Waals surface area contributed by atoms with E-state index in [1.54, 1.807) is 18.2 Å². The van der Waals surface area contributed by atoms with Gasteiger partial charge in [0.1, 0.15) is 5.52 Å². The number of hydrogen-bond acceptors (Lipinski definition) is 4. The van der Waals surface area contributed by atoms with Gasteiger partial charge in [0.05, 0.1) is 10.6 Å². The third-order valence-electron chi connectivity index (χ3n) is 5.38. The highest BCUT2D eigenvalue weighted by Crippen LogP contribution is 2.28. The molecule has 0 saturated carbocycles. The molecule has 0 aliphatic carbocycles. The first kappa shape index (κ1) is 23.4. The summed E-state index contributed by atoms with van der Waals surface area (Å²) in [7, 11) is 0. The Morgan fingerprint density at radius 3 is 2.64 bits per heavy atom. The number of anilines is 1. The van der Waals surface area contributed by atoms with Crippen LogP contribution in [0.25, 0.3) is 22.6 Å². The number of aromatic nitrogens is 1. The number of hydrogen-bond donors (Lipinski definition) is 2.